The van der Waals surface area contributed by atoms with Crippen LogP contribution in [-0.4, -0.2) is 23.0 Å². The summed E-state index contributed by atoms with van der Waals surface area (Å²) < 4.78 is 9.91. The fraction of sp³-hybridized carbons (Fsp3) is 0.250. The molecule has 0 amide bonds. The molecule has 72 valence electrons. The highest BCUT2D eigenvalue weighted by atomic mass is 32.1. The molecule has 6 heteroatoms. The maximum absolute atomic E-state index is 9.04. The molecular weight excluding hydrogens is 204 g/mol. The van der Waals surface area contributed by atoms with Crippen LogP contribution in [-0.2, 0) is 9.47 Å². The Bertz CT molecular complexity index is 393. The summed E-state index contributed by atoms with van der Waals surface area (Å²) in [7, 11) is 0. The summed E-state index contributed by atoms with van der Waals surface area (Å²) in [5, 5.41) is 17.9. The second-order valence-corrected chi connectivity index (χ2v) is 3.41. The number of aliphatic hydroxyl groups is 1. The normalized spacial score (nSPS) is 23.6. The third-order valence-electron chi connectivity index (χ3n) is 1.59. The summed E-state index contributed by atoms with van der Waals surface area (Å²) in [4.78, 5) is 4.50. The lowest BCUT2D eigenvalue weighted by atomic mass is 10.3. The van der Waals surface area contributed by atoms with Crippen molar-refractivity contribution in [2.24, 2.45) is 0 Å². The number of hydrogen-bond acceptors (Lipinski definition) is 6. The van der Waals surface area contributed by atoms with Gasteiger partial charge in [0.05, 0.1) is 10.4 Å². The van der Waals surface area contributed by atoms with Gasteiger partial charge in [-0.15, -0.1) is 11.3 Å². The molecule has 0 bridgehead atoms. The molecule has 5 nitrogen and oxygen atoms in total. The third kappa shape index (κ3) is 1.55. The molecule has 1 aromatic heterocycles. The molecule has 1 N–H and O–H groups in total. The van der Waals surface area contributed by atoms with Crippen molar-refractivity contribution in [3.63, 3.8) is 0 Å². The second-order valence-electron chi connectivity index (χ2n) is 2.52. The number of thiazole rings is 1. The Balaban J connectivity index is 2.35. The smallest absolute Gasteiger partial charge is 0.302 e. The molecule has 1 aliphatic rings. The molecule has 0 radical (unpaired) electrons. The highest BCUT2D eigenvalue weighted by Crippen LogP contribution is 2.26. The van der Waals surface area contributed by atoms with E-state index in [1.54, 1.807) is 11.7 Å². The third-order valence-corrected chi connectivity index (χ3v) is 2.39. The van der Waals surface area contributed by atoms with Gasteiger partial charge < -0.3 is 14.6 Å². The van der Waals surface area contributed by atoms with Crippen molar-refractivity contribution in [1.29, 1.82) is 5.26 Å². The molecule has 1 aromatic rings. The van der Waals surface area contributed by atoms with Crippen molar-refractivity contribution < 1.29 is 14.6 Å². The Morgan fingerprint density at radius 1 is 1.79 bits per heavy atom. The molecule has 1 saturated heterocycles. The van der Waals surface area contributed by atoms with Gasteiger partial charge in [0.2, 0.25) is 6.29 Å². The first-order valence-electron chi connectivity index (χ1n) is 3.82. The quantitative estimate of drug-likeness (QED) is 0.690. The van der Waals surface area contributed by atoms with E-state index in [-0.39, 0.29) is 18.1 Å². The molecule has 1 atom stereocenters. The molecular formula is C8H6N2O3S. The Morgan fingerprint density at radius 3 is 3.14 bits per heavy atom. The fourth-order valence-electron chi connectivity index (χ4n) is 1.01. The van der Waals surface area contributed by atoms with Crippen molar-refractivity contribution in [2.75, 3.05) is 6.61 Å². The van der Waals surface area contributed by atoms with Gasteiger partial charge in [-0.05, 0) is 0 Å². The SMILES string of the molecule is N#C/C(=C1/OCC(O)O1)c1cncs1. The lowest BCUT2D eigenvalue weighted by molar-refractivity contribution is -0.0257. The predicted molar refractivity (Wildman–Crippen MR) is 47.7 cm³/mol. The van der Waals surface area contributed by atoms with Crippen LogP contribution in [0.4, 0.5) is 0 Å². The maximum Gasteiger partial charge on any atom is 0.302 e. The largest absolute Gasteiger partial charge is 0.458 e. The highest BCUT2D eigenvalue weighted by molar-refractivity contribution is 7.10. The summed E-state index contributed by atoms with van der Waals surface area (Å²) >= 11 is 1.31. The molecule has 0 aromatic carbocycles. The minimum absolute atomic E-state index is 0.0549. The van der Waals surface area contributed by atoms with Gasteiger partial charge in [0.15, 0.2) is 12.2 Å². The topological polar surface area (TPSA) is 75.4 Å². The van der Waals surface area contributed by atoms with E-state index in [2.05, 4.69) is 4.98 Å². The molecule has 0 aliphatic carbocycles. The predicted octanol–water partition coefficient (Wildman–Crippen LogP) is 0.700. The maximum atomic E-state index is 9.04. The van der Waals surface area contributed by atoms with Crippen molar-refractivity contribution in [1.82, 2.24) is 4.98 Å². The Labute approximate surface area is 83.8 Å². The van der Waals surface area contributed by atoms with Gasteiger partial charge in [-0.1, -0.05) is 0 Å². The van der Waals surface area contributed by atoms with Crippen molar-refractivity contribution in [3.05, 3.63) is 22.5 Å². The van der Waals surface area contributed by atoms with Crippen molar-refractivity contribution in [3.8, 4) is 6.07 Å². The first kappa shape index (κ1) is 8.99. The van der Waals surface area contributed by atoms with E-state index < -0.39 is 6.29 Å². The average molecular weight is 210 g/mol. The van der Waals surface area contributed by atoms with E-state index in [0.717, 1.165) is 0 Å². The minimum Gasteiger partial charge on any atom is -0.458 e. The van der Waals surface area contributed by atoms with Gasteiger partial charge in [0, 0.05) is 6.20 Å². The number of nitrogens with zero attached hydrogens (tertiary/aromatic N) is 2. The van der Waals surface area contributed by atoms with Gasteiger partial charge in [-0.2, -0.15) is 5.26 Å². The number of allylic oxidation sites excluding steroid dienone is 1. The van der Waals surface area contributed by atoms with Gasteiger partial charge >= 0.3 is 5.95 Å². The number of nitriles is 1. The Morgan fingerprint density at radius 2 is 2.64 bits per heavy atom. The standard InChI is InChI=1S/C8H6N2O3S/c9-1-5(6-2-10-4-14-6)8-12-3-7(11)13-8/h2,4,7,11H,3H2/b8-5+. The van der Waals surface area contributed by atoms with Gasteiger partial charge in [-0.25, -0.2) is 0 Å². The second kappa shape index (κ2) is 3.65. The Kier molecular flexibility index (Phi) is 2.35. The van der Waals surface area contributed by atoms with Crippen LogP contribution >= 0.6 is 11.3 Å². The molecule has 14 heavy (non-hydrogen) atoms. The van der Waals surface area contributed by atoms with Crippen LogP contribution in [0.3, 0.4) is 0 Å². The van der Waals surface area contributed by atoms with Crippen molar-refractivity contribution >= 4 is 16.9 Å². The van der Waals surface area contributed by atoms with E-state index >= 15 is 0 Å². The monoisotopic (exact) mass is 210 g/mol. The molecule has 0 spiro atoms. The van der Waals surface area contributed by atoms with Crippen molar-refractivity contribution in [2.45, 2.75) is 6.29 Å². The summed E-state index contributed by atoms with van der Waals surface area (Å²) in [6, 6.07) is 1.96. The van der Waals surface area contributed by atoms with E-state index in [0.29, 0.717) is 4.88 Å². The number of hydrogen-bond donors (Lipinski definition) is 1. The highest BCUT2D eigenvalue weighted by Gasteiger charge is 2.24. The summed E-state index contributed by atoms with van der Waals surface area (Å²) in [5.41, 5.74) is 1.88. The molecule has 0 saturated carbocycles. The van der Waals surface area contributed by atoms with Crippen LogP contribution in [0, 0.1) is 11.3 Å². The van der Waals surface area contributed by atoms with Crippen LogP contribution in [0.2, 0.25) is 0 Å². The zero-order chi connectivity index (χ0) is 9.97. The summed E-state index contributed by atoms with van der Waals surface area (Å²) in [6.07, 6.45) is 0.564. The first-order chi connectivity index (χ1) is 6.81. The zero-order valence-corrected chi connectivity index (χ0v) is 7.82. The summed E-state index contributed by atoms with van der Waals surface area (Å²) in [5.74, 6) is 0.0734. The fourth-order valence-corrected chi connectivity index (χ4v) is 1.61. The van der Waals surface area contributed by atoms with E-state index in [1.165, 1.54) is 11.3 Å². The van der Waals surface area contributed by atoms with Crippen LogP contribution in [0.15, 0.2) is 17.7 Å². The molecule has 2 rings (SSSR count). The van der Waals surface area contributed by atoms with Crippen LogP contribution in [0.25, 0.3) is 5.57 Å². The van der Waals surface area contributed by atoms with Crippen LogP contribution in [0.5, 0.6) is 0 Å². The number of aliphatic hydroxyl groups excluding tert-OH is 1. The van der Waals surface area contributed by atoms with E-state index in [4.69, 9.17) is 19.8 Å². The lowest BCUT2D eigenvalue weighted by Crippen LogP contribution is -2.05. The van der Waals surface area contributed by atoms with Gasteiger partial charge in [0.1, 0.15) is 6.07 Å². The number of aromatic nitrogens is 1. The zero-order valence-electron chi connectivity index (χ0n) is 7.01. The van der Waals surface area contributed by atoms with E-state index in [1.807, 2.05) is 6.07 Å². The minimum atomic E-state index is -0.985. The molecule has 1 unspecified atom stereocenters. The molecule has 1 aliphatic heterocycles. The van der Waals surface area contributed by atoms with Gasteiger partial charge in [-0.3, -0.25) is 4.98 Å². The number of ether oxygens (including phenoxy) is 2. The average Bonchev–Trinajstić information content (AvgIpc) is 2.79. The summed E-state index contributed by atoms with van der Waals surface area (Å²) in [6.45, 7) is 0.0549. The molecule has 2 heterocycles. The van der Waals surface area contributed by atoms with Crippen LogP contribution in [0.1, 0.15) is 4.88 Å². The van der Waals surface area contributed by atoms with E-state index in [9.17, 15) is 0 Å². The number of rotatable bonds is 1. The first-order valence-corrected chi connectivity index (χ1v) is 4.70. The Hall–Kier alpha value is -1.58. The molecule has 1 fully saturated rings. The lowest BCUT2D eigenvalue weighted by Gasteiger charge is -1.99. The van der Waals surface area contributed by atoms with Crippen LogP contribution < -0.4 is 0 Å². The van der Waals surface area contributed by atoms with Gasteiger partial charge in [0.25, 0.3) is 0 Å².